The van der Waals surface area contributed by atoms with E-state index in [2.05, 4.69) is 11.6 Å². The molecule has 0 heterocycles. The number of hydrogen-bond donors (Lipinski definition) is 2. The van der Waals surface area contributed by atoms with Gasteiger partial charge in [0.25, 0.3) is 0 Å². The predicted molar refractivity (Wildman–Crippen MR) is 67.4 cm³/mol. The summed E-state index contributed by atoms with van der Waals surface area (Å²) in [5.74, 6) is -0.0427. The zero-order chi connectivity index (χ0) is 12.7. The molecular formula is C12H19NO3S. The lowest BCUT2D eigenvalue weighted by Gasteiger charge is -2.06. The molecule has 4 nitrogen and oxygen atoms in total. The molecule has 0 aliphatic carbocycles. The van der Waals surface area contributed by atoms with Crippen LogP contribution in [0.2, 0.25) is 0 Å². The van der Waals surface area contributed by atoms with E-state index in [4.69, 9.17) is 0 Å². The molecule has 5 heteroatoms. The van der Waals surface area contributed by atoms with Gasteiger partial charge in [0, 0.05) is 6.54 Å². The van der Waals surface area contributed by atoms with Crippen LogP contribution in [0.15, 0.2) is 29.2 Å². The van der Waals surface area contributed by atoms with Crippen molar-refractivity contribution in [3.63, 3.8) is 0 Å². The Morgan fingerprint density at radius 2 is 2.00 bits per heavy atom. The zero-order valence-corrected chi connectivity index (χ0v) is 10.8. The minimum atomic E-state index is -3.48. The van der Waals surface area contributed by atoms with Gasteiger partial charge in [-0.2, -0.15) is 0 Å². The summed E-state index contributed by atoms with van der Waals surface area (Å²) in [6, 6.07) is 5.67. The standard InChI is InChI=1S/C12H19NO3S/c1-2-3-4-5-9-13-17(15,16)12-8-6-7-11(14)10-12/h6-8,10,13-14H,2-5,9H2,1H3. The van der Waals surface area contributed by atoms with Crippen LogP contribution in [0, 0.1) is 0 Å². The van der Waals surface area contributed by atoms with Crippen LogP contribution in [-0.2, 0) is 10.0 Å². The smallest absolute Gasteiger partial charge is 0.240 e. The van der Waals surface area contributed by atoms with E-state index in [0.29, 0.717) is 6.54 Å². The van der Waals surface area contributed by atoms with Gasteiger partial charge in [-0.15, -0.1) is 0 Å². The topological polar surface area (TPSA) is 66.4 Å². The van der Waals surface area contributed by atoms with E-state index in [9.17, 15) is 13.5 Å². The van der Waals surface area contributed by atoms with Crippen molar-refractivity contribution in [2.24, 2.45) is 0 Å². The highest BCUT2D eigenvalue weighted by molar-refractivity contribution is 7.89. The second-order valence-corrected chi connectivity index (χ2v) is 5.72. The first-order valence-corrected chi connectivity index (χ1v) is 7.33. The van der Waals surface area contributed by atoms with Crippen molar-refractivity contribution in [2.75, 3.05) is 6.54 Å². The maximum absolute atomic E-state index is 11.8. The minimum Gasteiger partial charge on any atom is -0.508 e. The molecule has 0 aliphatic rings. The molecule has 0 spiro atoms. The second-order valence-electron chi connectivity index (χ2n) is 3.96. The molecule has 0 saturated carbocycles. The van der Waals surface area contributed by atoms with Crippen LogP contribution in [0.5, 0.6) is 5.75 Å². The monoisotopic (exact) mass is 257 g/mol. The van der Waals surface area contributed by atoms with Gasteiger partial charge in [-0.05, 0) is 24.6 Å². The van der Waals surface area contributed by atoms with Crippen molar-refractivity contribution in [1.82, 2.24) is 4.72 Å². The minimum absolute atomic E-state index is 0.0427. The number of unbranched alkanes of at least 4 members (excludes halogenated alkanes) is 3. The largest absolute Gasteiger partial charge is 0.508 e. The molecule has 96 valence electrons. The van der Waals surface area contributed by atoms with Gasteiger partial charge in [-0.3, -0.25) is 0 Å². The normalized spacial score (nSPS) is 11.6. The van der Waals surface area contributed by atoms with Gasteiger partial charge in [0.05, 0.1) is 4.90 Å². The fourth-order valence-electron chi connectivity index (χ4n) is 1.49. The summed E-state index contributed by atoms with van der Waals surface area (Å²) in [7, 11) is -3.48. The summed E-state index contributed by atoms with van der Waals surface area (Å²) in [6.45, 7) is 2.55. The summed E-state index contributed by atoms with van der Waals surface area (Å²) >= 11 is 0. The molecular weight excluding hydrogens is 238 g/mol. The first-order chi connectivity index (χ1) is 8.06. The molecule has 1 aromatic rings. The van der Waals surface area contributed by atoms with Crippen LogP contribution in [0.25, 0.3) is 0 Å². The van der Waals surface area contributed by atoms with Crippen molar-refractivity contribution < 1.29 is 13.5 Å². The van der Waals surface area contributed by atoms with Crippen LogP contribution in [0.1, 0.15) is 32.6 Å². The first-order valence-electron chi connectivity index (χ1n) is 5.85. The number of benzene rings is 1. The number of nitrogens with one attached hydrogen (secondary N) is 1. The van der Waals surface area contributed by atoms with Crippen LogP contribution < -0.4 is 4.72 Å². The number of phenols is 1. The molecule has 0 unspecified atom stereocenters. The van der Waals surface area contributed by atoms with E-state index >= 15 is 0 Å². The Balaban J connectivity index is 2.51. The van der Waals surface area contributed by atoms with Gasteiger partial charge in [0.1, 0.15) is 5.75 Å². The van der Waals surface area contributed by atoms with E-state index < -0.39 is 10.0 Å². The van der Waals surface area contributed by atoms with E-state index in [1.54, 1.807) is 0 Å². The van der Waals surface area contributed by atoms with Gasteiger partial charge in [-0.1, -0.05) is 32.3 Å². The lowest BCUT2D eigenvalue weighted by molar-refractivity contribution is 0.473. The van der Waals surface area contributed by atoms with Crippen LogP contribution in [0.3, 0.4) is 0 Å². The lowest BCUT2D eigenvalue weighted by Crippen LogP contribution is -2.24. The average Bonchev–Trinajstić information content (AvgIpc) is 2.29. The number of sulfonamides is 1. The summed E-state index contributed by atoms with van der Waals surface area (Å²) in [5, 5.41) is 9.23. The lowest BCUT2D eigenvalue weighted by atomic mass is 10.2. The fourth-order valence-corrected chi connectivity index (χ4v) is 2.61. The van der Waals surface area contributed by atoms with E-state index in [-0.39, 0.29) is 10.6 Å². The summed E-state index contributed by atoms with van der Waals surface area (Å²) in [5.41, 5.74) is 0. The number of aromatic hydroxyl groups is 1. The summed E-state index contributed by atoms with van der Waals surface area (Å²) in [4.78, 5) is 0.105. The molecule has 0 atom stereocenters. The molecule has 0 aliphatic heterocycles. The summed E-state index contributed by atoms with van der Waals surface area (Å²) < 4.78 is 26.1. The van der Waals surface area contributed by atoms with E-state index in [1.807, 2.05) is 0 Å². The van der Waals surface area contributed by atoms with Gasteiger partial charge < -0.3 is 5.11 Å². The van der Waals surface area contributed by atoms with Crippen molar-refractivity contribution in [3.8, 4) is 5.75 Å². The Morgan fingerprint density at radius 1 is 1.24 bits per heavy atom. The van der Waals surface area contributed by atoms with Crippen molar-refractivity contribution in [1.29, 1.82) is 0 Å². The molecule has 1 aromatic carbocycles. The predicted octanol–water partition coefficient (Wildman–Crippen LogP) is 2.25. The third kappa shape index (κ3) is 4.75. The number of rotatable bonds is 7. The fraction of sp³-hybridized carbons (Fsp3) is 0.500. The van der Waals surface area contributed by atoms with Gasteiger partial charge in [0.15, 0.2) is 0 Å². The second kappa shape index (κ2) is 6.61. The highest BCUT2D eigenvalue weighted by Crippen LogP contribution is 2.15. The van der Waals surface area contributed by atoms with Crippen molar-refractivity contribution in [3.05, 3.63) is 24.3 Å². The quantitative estimate of drug-likeness (QED) is 0.736. The molecule has 2 N–H and O–H groups in total. The Hall–Kier alpha value is -1.07. The maximum Gasteiger partial charge on any atom is 0.240 e. The average molecular weight is 257 g/mol. The number of phenolic OH excluding ortho intramolecular Hbond substituents is 1. The molecule has 0 saturated heterocycles. The molecule has 0 radical (unpaired) electrons. The molecule has 0 aromatic heterocycles. The molecule has 0 amide bonds. The third-order valence-corrected chi connectivity index (χ3v) is 3.91. The Kier molecular flexibility index (Phi) is 5.44. The summed E-state index contributed by atoms with van der Waals surface area (Å²) in [6.07, 6.45) is 4.11. The van der Waals surface area contributed by atoms with Crippen LogP contribution in [0.4, 0.5) is 0 Å². The van der Waals surface area contributed by atoms with E-state index in [1.165, 1.54) is 24.3 Å². The molecule has 0 fully saturated rings. The SMILES string of the molecule is CCCCCCNS(=O)(=O)c1cccc(O)c1. The van der Waals surface area contributed by atoms with Crippen molar-refractivity contribution in [2.45, 2.75) is 37.5 Å². The van der Waals surface area contributed by atoms with Gasteiger partial charge in [0.2, 0.25) is 10.0 Å². The van der Waals surface area contributed by atoms with Gasteiger partial charge >= 0.3 is 0 Å². The zero-order valence-electron chi connectivity index (χ0n) is 10.0. The number of hydrogen-bond acceptors (Lipinski definition) is 3. The Morgan fingerprint density at radius 3 is 2.65 bits per heavy atom. The molecule has 17 heavy (non-hydrogen) atoms. The maximum atomic E-state index is 11.8. The van der Waals surface area contributed by atoms with E-state index in [0.717, 1.165) is 25.7 Å². The van der Waals surface area contributed by atoms with Crippen LogP contribution in [-0.4, -0.2) is 20.1 Å². The highest BCUT2D eigenvalue weighted by atomic mass is 32.2. The third-order valence-electron chi connectivity index (χ3n) is 2.45. The highest BCUT2D eigenvalue weighted by Gasteiger charge is 2.13. The first kappa shape index (κ1) is 14.0. The Bertz CT molecular complexity index is 443. The van der Waals surface area contributed by atoms with Crippen molar-refractivity contribution >= 4 is 10.0 Å². The van der Waals surface area contributed by atoms with Crippen LogP contribution >= 0.6 is 0 Å². The Labute approximate surface area is 103 Å². The van der Waals surface area contributed by atoms with Gasteiger partial charge in [-0.25, -0.2) is 13.1 Å². The molecule has 0 bridgehead atoms. The molecule has 1 rings (SSSR count).